The summed E-state index contributed by atoms with van der Waals surface area (Å²) in [6.45, 7) is 5.39. The molecule has 3 N–H and O–H groups in total. The molecule has 0 aliphatic heterocycles. The van der Waals surface area contributed by atoms with Crippen molar-refractivity contribution in [2.24, 2.45) is 0 Å². The van der Waals surface area contributed by atoms with Gasteiger partial charge < -0.3 is 15.7 Å². The van der Waals surface area contributed by atoms with Gasteiger partial charge in [-0.1, -0.05) is 41.9 Å². The quantitative estimate of drug-likeness (QED) is 0.716. The Morgan fingerprint density at radius 2 is 2.16 bits per heavy atom. The third-order valence-corrected chi connectivity index (χ3v) is 3.66. The van der Waals surface area contributed by atoms with Crippen LogP contribution in [0.4, 0.5) is 0 Å². The Kier molecular flexibility index (Phi) is 5.97. The summed E-state index contributed by atoms with van der Waals surface area (Å²) in [5.41, 5.74) is 1.16. The zero-order valence-electron chi connectivity index (χ0n) is 11.5. The first kappa shape index (κ1) is 16.1. The second-order valence-corrected chi connectivity index (χ2v) is 6.12. The number of carbonyl (C=O) groups is 1. The van der Waals surface area contributed by atoms with Crippen LogP contribution in [0.5, 0.6) is 0 Å². The smallest absolute Gasteiger partial charge is 0.322 e. The van der Waals surface area contributed by atoms with Gasteiger partial charge in [-0.15, -0.1) is 0 Å². The Morgan fingerprint density at radius 3 is 2.68 bits per heavy atom. The molecule has 0 spiro atoms. The first-order chi connectivity index (χ1) is 8.86. The molecule has 5 heteroatoms. The summed E-state index contributed by atoms with van der Waals surface area (Å²) in [6, 6.07) is 7.62. The number of likely N-dealkylation sites (N-methyl/N-ethyl adjacent to an activating group) is 1. The maximum Gasteiger partial charge on any atom is 0.322 e. The van der Waals surface area contributed by atoms with Gasteiger partial charge in [0.1, 0.15) is 6.04 Å². The predicted octanol–water partition coefficient (Wildman–Crippen LogP) is 1.99. The molecule has 1 atom stereocenters. The van der Waals surface area contributed by atoms with Gasteiger partial charge in [0, 0.05) is 23.0 Å². The summed E-state index contributed by atoms with van der Waals surface area (Å²) >= 11 is 3.47. The molecule has 1 aromatic carbocycles. The zero-order valence-corrected chi connectivity index (χ0v) is 13.1. The number of aliphatic carboxylic acids is 1. The Morgan fingerprint density at radius 1 is 1.47 bits per heavy atom. The SMILES string of the molecule is CNC(CNCC(C)(C)c1cccc(Br)c1)C(=O)O. The summed E-state index contributed by atoms with van der Waals surface area (Å²) in [6.07, 6.45) is 0. The Balaban J connectivity index is 2.58. The molecule has 4 nitrogen and oxygen atoms in total. The van der Waals surface area contributed by atoms with Gasteiger partial charge in [-0.2, -0.15) is 0 Å². The minimum absolute atomic E-state index is 0.0550. The molecule has 0 saturated heterocycles. The molecule has 0 aromatic heterocycles. The van der Waals surface area contributed by atoms with Crippen LogP contribution in [0.15, 0.2) is 28.7 Å². The van der Waals surface area contributed by atoms with Crippen LogP contribution >= 0.6 is 15.9 Å². The molecule has 0 saturated carbocycles. The highest BCUT2D eigenvalue weighted by Crippen LogP contribution is 2.24. The summed E-state index contributed by atoms with van der Waals surface area (Å²) in [7, 11) is 1.65. The van der Waals surface area contributed by atoms with E-state index in [1.54, 1.807) is 7.05 Å². The largest absolute Gasteiger partial charge is 0.480 e. The molecule has 0 heterocycles. The van der Waals surface area contributed by atoms with Gasteiger partial charge in [-0.3, -0.25) is 4.79 Å². The summed E-state index contributed by atoms with van der Waals surface area (Å²) in [4.78, 5) is 10.9. The Labute approximate surface area is 122 Å². The van der Waals surface area contributed by atoms with E-state index in [1.165, 1.54) is 5.56 Å². The summed E-state index contributed by atoms with van der Waals surface area (Å²) < 4.78 is 1.05. The predicted molar refractivity (Wildman–Crippen MR) is 80.5 cm³/mol. The van der Waals surface area contributed by atoms with Crippen molar-refractivity contribution in [2.45, 2.75) is 25.3 Å². The van der Waals surface area contributed by atoms with E-state index in [-0.39, 0.29) is 5.41 Å². The third-order valence-electron chi connectivity index (χ3n) is 3.17. The number of halogens is 1. The van der Waals surface area contributed by atoms with Crippen LogP contribution in [0.25, 0.3) is 0 Å². The molecule has 0 amide bonds. The molecular weight excluding hydrogens is 308 g/mol. The van der Waals surface area contributed by atoms with E-state index < -0.39 is 12.0 Å². The van der Waals surface area contributed by atoms with Crippen molar-refractivity contribution in [2.75, 3.05) is 20.1 Å². The first-order valence-electron chi connectivity index (χ1n) is 6.23. The van der Waals surface area contributed by atoms with Crippen molar-refractivity contribution < 1.29 is 9.90 Å². The van der Waals surface area contributed by atoms with Crippen LogP contribution in [-0.4, -0.2) is 37.3 Å². The molecule has 0 fully saturated rings. The van der Waals surface area contributed by atoms with Crippen molar-refractivity contribution in [3.8, 4) is 0 Å². The number of rotatable bonds is 7. The van der Waals surface area contributed by atoms with E-state index in [4.69, 9.17) is 5.11 Å². The fraction of sp³-hybridized carbons (Fsp3) is 0.500. The van der Waals surface area contributed by atoms with Crippen LogP contribution in [0.2, 0.25) is 0 Å². The number of benzene rings is 1. The molecule has 1 unspecified atom stereocenters. The maximum atomic E-state index is 10.9. The fourth-order valence-electron chi connectivity index (χ4n) is 1.85. The summed E-state index contributed by atoms with van der Waals surface area (Å²) in [5, 5.41) is 14.9. The zero-order chi connectivity index (χ0) is 14.5. The summed E-state index contributed by atoms with van der Waals surface area (Å²) in [5.74, 6) is -0.838. The van der Waals surface area contributed by atoms with Crippen LogP contribution in [0.3, 0.4) is 0 Å². The second-order valence-electron chi connectivity index (χ2n) is 5.20. The average molecular weight is 329 g/mol. The van der Waals surface area contributed by atoms with Crippen molar-refractivity contribution in [3.05, 3.63) is 34.3 Å². The van der Waals surface area contributed by atoms with Gasteiger partial charge in [0.05, 0.1) is 0 Å². The normalized spacial score (nSPS) is 13.3. The highest BCUT2D eigenvalue weighted by atomic mass is 79.9. The second kappa shape index (κ2) is 7.03. The highest BCUT2D eigenvalue weighted by molar-refractivity contribution is 9.10. The lowest BCUT2D eigenvalue weighted by atomic mass is 9.84. The minimum atomic E-state index is -0.838. The lowest BCUT2D eigenvalue weighted by Crippen LogP contribution is -2.45. The minimum Gasteiger partial charge on any atom is -0.480 e. The molecule has 0 radical (unpaired) electrons. The molecule has 0 aliphatic carbocycles. The van der Waals surface area contributed by atoms with Gasteiger partial charge in [0.15, 0.2) is 0 Å². The van der Waals surface area contributed by atoms with Gasteiger partial charge in [-0.05, 0) is 24.7 Å². The van der Waals surface area contributed by atoms with Gasteiger partial charge in [-0.25, -0.2) is 0 Å². The van der Waals surface area contributed by atoms with Crippen molar-refractivity contribution in [1.29, 1.82) is 0 Å². The van der Waals surface area contributed by atoms with Crippen LogP contribution in [-0.2, 0) is 10.2 Å². The van der Waals surface area contributed by atoms with E-state index in [0.29, 0.717) is 6.54 Å². The van der Waals surface area contributed by atoms with E-state index in [9.17, 15) is 4.79 Å². The molecule has 106 valence electrons. The Hall–Kier alpha value is -0.910. The Bertz CT molecular complexity index is 435. The van der Waals surface area contributed by atoms with Crippen molar-refractivity contribution in [3.63, 3.8) is 0 Å². The van der Waals surface area contributed by atoms with E-state index in [1.807, 2.05) is 12.1 Å². The number of hydrogen-bond acceptors (Lipinski definition) is 3. The van der Waals surface area contributed by atoms with Crippen LogP contribution in [0, 0.1) is 0 Å². The number of nitrogens with one attached hydrogen (secondary N) is 2. The van der Waals surface area contributed by atoms with E-state index >= 15 is 0 Å². The van der Waals surface area contributed by atoms with E-state index in [0.717, 1.165) is 11.0 Å². The monoisotopic (exact) mass is 328 g/mol. The third kappa shape index (κ3) is 4.93. The molecular formula is C14H21BrN2O2. The topological polar surface area (TPSA) is 61.4 Å². The van der Waals surface area contributed by atoms with Crippen LogP contribution in [0.1, 0.15) is 19.4 Å². The number of carboxylic acid groups (broad SMARTS) is 1. The first-order valence-corrected chi connectivity index (χ1v) is 7.03. The average Bonchev–Trinajstić information content (AvgIpc) is 2.34. The molecule has 1 aromatic rings. The molecule has 0 aliphatic rings. The van der Waals surface area contributed by atoms with Crippen LogP contribution < -0.4 is 10.6 Å². The van der Waals surface area contributed by atoms with Crippen molar-refractivity contribution in [1.82, 2.24) is 10.6 Å². The molecule has 0 bridgehead atoms. The maximum absolute atomic E-state index is 10.9. The standard InChI is InChI=1S/C14H21BrN2O2/c1-14(2,10-5-4-6-11(15)7-10)9-17-8-12(16-3)13(18)19/h4-7,12,16-17H,8-9H2,1-3H3,(H,18,19). The van der Waals surface area contributed by atoms with Crippen molar-refractivity contribution >= 4 is 21.9 Å². The molecule has 1 rings (SSSR count). The fourth-order valence-corrected chi connectivity index (χ4v) is 2.25. The van der Waals surface area contributed by atoms with Gasteiger partial charge in [0.25, 0.3) is 0 Å². The lowest BCUT2D eigenvalue weighted by molar-refractivity contribution is -0.139. The number of carboxylic acids is 1. The number of hydrogen-bond donors (Lipinski definition) is 3. The van der Waals surface area contributed by atoms with Gasteiger partial charge >= 0.3 is 5.97 Å². The lowest BCUT2D eigenvalue weighted by Gasteiger charge is -2.27. The molecule has 19 heavy (non-hydrogen) atoms. The van der Waals surface area contributed by atoms with Gasteiger partial charge in [0.2, 0.25) is 0 Å². The highest BCUT2D eigenvalue weighted by Gasteiger charge is 2.22. The van der Waals surface area contributed by atoms with E-state index in [2.05, 4.69) is 52.5 Å².